The number of esters is 1. The number of aromatic nitrogens is 5. The van der Waals surface area contributed by atoms with E-state index in [-0.39, 0.29) is 35.9 Å². The van der Waals surface area contributed by atoms with Gasteiger partial charge in [-0.05, 0) is 29.8 Å². The Hall–Kier alpha value is -3.34. The van der Waals surface area contributed by atoms with Crippen molar-refractivity contribution in [3.8, 4) is 11.5 Å². The van der Waals surface area contributed by atoms with Gasteiger partial charge in [-0.1, -0.05) is 28.1 Å². The summed E-state index contributed by atoms with van der Waals surface area (Å²) >= 11 is 3.30. The molecule has 11 heteroatoms. The van der Waals surface area contributed by atoms with Crippen molar-refractivity contribution in [3.05, 3.63) is 51.1 Å². The number of aromatic carboxylic acids is 1. The molecule has 0 spiro atoms. The van der Waals surface area contributed by atoms with Gasteiger partial charge in [0.05, 0.1) is 17.8 Å². The summed E-state index contributed by atoms with van der Waals surface area (Å²) in [5.41, 5.74) is 0.792. The van der Waals surface area contributed by atoms with E-state index in [1.165, 1.54) is 11.7 Å². The van der Waals surface area contributed by atoms with Gasteiger partial charge in [-0.15, -0.1) is 10.2 Å². The number of aromatic amines is 1. The molecule has 0 radical (unpaired) electrons. The molecule has 3 aromatic rings. The molecule has 3 rings (SSSR count). The smallest absolute Gasteiger partial charge is 0.353 e. The number of nitrogens with one attached hydrogen (secondary N) is 1. The molecular weight excluding hydrogens is 446 g/mol. The standard InChI is InChI=1S/C18H16BrN5O5/c1-9-13(16(26)11-4-3-5-12(19)8-11)15(18(27)28)20-14(9)17-21-23-24(22-17)6-7-29-10(2)25/h3-5,8,20H,6-7H2,1-2H3,(H,27,28). The molecule has 0 atom stereocenters. The average Bonchev–Trinajstić information content (AvgIpc) is 3.25. The number of ketones is 1. The monoisotopic (exact) mass is 461 g/mol. The lowest BCUT2D eigenvalue weighted by Crippen LogP contribution is -2.11. The first-order chi connectivity index (χ1) is 13.8. The van der Waals surface area contributed by atoms with Crippen LogP contribution in [0.25, 0.3) is 11.5 Å². The second kappa shape index (κ2) is 8.35. The predicted octanol–water partition coefficient (Wildman–Crippen LogP) is 2.23. The molecule has 0 unspecified atom stereocenters. The Labute approximate surface area is 173 Å². The Balaban J connectivity index is 1.97. The highest BCUT2D eigenvalue weighted by atomic mass is 79.9. The van der Waals surface area contributed by atoms with Gasteiger partial charge in [-0.3, -0.25) is 9.59 Å². The van der Waals surface area contributed by atoms with Crippen molar-refractivity contribution in [2.75, 3.05) is 6.61 Å². The number of ether oxygens (including phenoxy) is 1. The first-order valence-corrected chi connectivity index (χ1v) is 9.25. The van der Waals surface area contributed by atoms with Crippen LogP contribution in [0.1, 0.15) is 38.9 Å². The SMILES string of the molecule is CC(=O)OCCn1nnc(-c2[nH]c(C(=O)O)c(C(=O)c3cccc(Br)c3)c2C)n1. The fraction of sp³-hybridized carbons (Fsp3) is 0.222. The van der Waals surface area contributed by atoms with Gasteiger partial charge >= 0.3 is 11.9 Å². The minimum atomic E-state index is -1.28. The van der Waals surface area contributed by atoms with Crippen LogP contribution >= 0.6 is 15.9 Å². The maximum atomic E-state index is 13.0. The van der Waals surface area contributed by atoms with E-state index in [1.54, 1.807) is 31.2 Å². The summed E-state index contributed by atoms with van der Waals surface area (Å²) in [6.45, 7) is 3.16. The molecule has 150 valence electrons. The van der Waals surface area contributed by atoms with E-state index in [4.69, 9.17) is 4.74 Å². The maximum Gasteiger partial charge on any atom is 0.353 e. The first-order valence-electron chi connectivity index (χ1n) is 8.45. The number of carboxylic acids is 1. The van der Waals surface area contributed by atoms with Gasteiger partial charge < -0.3 is 14.8 Å². The van der Waals surface area contributed by atoms with Crippen molar-refractivity contribution in [1.29, 1.82) is 0 Å². The van der Waals surface area contributed by atoms with E-state index in [9.17, 15) is 19.5 Å². The zero-order chi connectivity index (χ0) is 21.1. The topological polar surface area (TPSA) is 140 Å². The molecule has 0 saturated carbocycles. The number of tetrazole rings is 1. The van der Waals surface area contributed by atoms with Crippen LogP contribution in [0.15, 0.2) is 28.7 Å². The Morgan fingerprint density at radius 2 is 2.07 bits per heavy atom. The van der Waals surface area contributed by atoms with Crippen LogP contribution < -0.4 is 0 Å². The second-order valence-electron chi connectivity index (χ2n) is 6.07. The number of benzene rings is 1. The highest BCUT2D eigenvalue weighted by molar-refractivity contribution is 9.10. The van der Waals surface area contributed by atoms with E-state index in [2.05, 4.69) is 36.3 Å². The summed E-state index contributed by atoms with van der Waals surface area (Å²) < 4.78 is 5.53. The molecule has 0 aliphatic rings. The summed E-state index contributed by atoms with van der Waals surface area (Å²) in [4.78, 5) is 39.5. The zero-order valence-electron chi connectivity index (χ0n) is 15.5. The van der Waals surface area contributed by atoms with Crippen LogP contribution in [0.4, 0.5) is 0 Å². The van der Waals surface area contributed by atoms with Gasteiger partial charge in [0.15, 0.2) is 5.78 Å². The maximum absolute atomic E-state index is 13.0. The number of carbonyl (C=O) groups excluding carboxylic acids is 2. The Morgan fingerprint density at radius 3 is 2.72 bits per heavy atom. The molecule has 2 aromatic heterocycles. The summed E-state index contributed by atoms with van der Waals surface area (Å²) in [6, 6.07) is 6.68. The van der Waals surface area contributed by atoms with Gasteiger partial charge in [0.1, 0.15) is 12.3 Å². The van der Waals surface area contributed by atoms with E-state index in [0.29, 0.717) is 15.6 Å². The highest BCUT2D eigenvalue weighted by Crippen LogP contribution is 2.28. The lowest BCUT2D eigenvalue weighted by atomic mass is 9.99. The van der Waals surface area contributed by atoms with Crippen molar-refractivity contribution in [2.45, 2.75) is 20.4 Å². The van der Waals surface area contributed by atoms with Crippen molar-refractivity contribution in [1.82, 2.24) is 25.2 Å². The Kier molecular flexibility index (Phi) is 5.87. The number of carbonyl (C=O) groups is 3. The number of nitrogens with zero attached hydrogens (tertiary/aromatic N) is 4. The van der Waals surface area contributed by atoms with Crippen LogP contribution in [0.3, 0.4) is 0 Å². The quantitative estimate of drug-likeness (QED) is 0.403. The molecular formula is C18H16BrN5O5. The average molecular weight is 462 g/mol. The normalized spacial score (nSPS) is 10.7. The molecule has 1 aromatic carbocycles. The van der Waals surface area contributed by atoms with Crippen molar-refractivity contribution < 1.29 is 24.2 Å². The highest BCUT2D eigenvalue weighted by Gasteiger charge is 2.27. The Bertz CT molecular complexity index is 1100. The fourth-order valence-electron chi connectivity index (χ4n) is 2.74. The van der Waals surface area contributed by atoms with Crippen LogP contribution in [0.5, 0.6) is 0 Å². The summed E-state index contributed by atoms with van der Waals surface area (Å²) in [5, 5.41) is 21.5. The number of hydrogen-bond acceptors (Lipinski definition) is 7. The molecule has 0 bridgehead atoms. The first kappa shape index (κ1) is 20.4. The zero-order valence-corrected chi connectivity index (χ0v) is 17.1. The summed E-state index contributed by atoms with van der Waals surface area (Å²) in [5.74, 6) is -2.01. The van der Waals surface area contributed by atoms with Crippen LogP contribution in [-0.4, -0.2) is 54.6 Å². The third-order valence-electron chi connectivity index (χ3n) is 4.05. The van der Waals surface area contributed by atoms with Gasteiger partial charge in [-0.2, -0.15) is 4.80 Å². The molecule has 2 heterocycles. The third-order valence-corrected chi connectivity index (χ3v) is 4.54. The van der Waals surface area contributed by atoms with E-state index in [0.717, 1.165) is 0 Å². The van der Waals surface area contributed by atoms with Crippen molar-refractivity contribution in [3.63, 3.8) is 0 Å². The van der Waals surface area contributed by atoms with Crippen molar-refractivity contribution in [2.24, 2.45) is 0 Å². The molecule has 0 aliphatic heterocycles. The van der Waals surface area contributed by atoms with Crippen LogP contribution in [-0.2, 0) is 16.1 Å². The lowest BCUT2D eigenvalue weighted by Gasteiger charge is -2.03. The number of H-pyrrole nitrogens is 1. The molecule has 2 N–H and O–H groups in total. The van der Waals surface area contributed by atoms with Crippen molar-refractivity contribution >= 4 is 33.7 Å². The van der Waals surface area contributed by atoms with Crippen LogP contribution in [0.2, 0.25) is 0 Å². The Morgan fingerprint density at radius 1 is 1.31 bits per heavy atom. The molecule has 0 amide bonds. The van der Waals surface area contributed by atoms with Gasteiger partial charge in [-0.25, -0.2) is 4.79 Å². The van der Waals surface area contributed by atoms with Crippen LogP contribution in [0, 0.1) is 6.92 Å². The number of carboxylic acid groups (broad SMARTS) is 1. The van der Waals surface area contributed by atoms with Gasteiger partial charge in [0, 0.05) is 17.0 Å². The number of halogens is 1. The summed E-state index contributed by atoms with van der Waals surface area (Å²) in [7, 11) is 0. The summed E-state index contributed by atoms with van der Waals surface area (Å²) in [6.07, 6.45) is 0. The fourth-order valence-corrected chi connectivity index (χ4v) is 3.14. The van der Waals surface area contributed by atoms with Gasteiger partial charge in [0.2, 0.25) is 5.82 Å². The van der Waals surface area contributed by atoms with E-state index < -0.39 is 17.7 Å². The number of hydrogen-bond donors (Lipinski definition) is 2. The van der Waals surface area contributed by atoms with Gasteiger partial charge in [0.25, 0.3) is 0 Å². The predicted molar refractivity (Wildman–Crippen MR) is 104 cm³/mol. The molecule has 0 fully saturated rings. The molecule has 10 nitrogen and oxygen atoms in total. The lowest BCUT2D eigenvalue weighted by molar-refractivity contribution is -0.141. The number of rotatable bonds is 7. The van der Waals surface area contributed by atoms with E-state index >= 15 is 0 Å². The minimum Gasteiger partial charge on any atom is -0.477 e. The minimum absolute atomic E-state index is 0.0295. The molecule has 0 aliphatic carbocycles. The molecule has 29 heavy (non-hydrogen) atoms. The second-order valence-corrected chi connectivity index (χ2v) is 6.98. The largest absolute Gasteiger partial charge is 0.477 e. The van der Waals surface area contributed by atoms with E-state index in [1.807, 2.05) is 0 Å². The molecule has 0 saturated heterocycles. The third kappa shape index (κ3) is 4.40.